The summed E-state index contributed by atoms with van der Waals surface area (Å²) in [7, 11) is -3.76. The number of ether oxygens (including phenoxy) is 1. The lowest BCUT2D eigenvalue weighted by atomic mass is 10.1. The average molecular weight is 392 g/mol. The summed E-state index contributed by atoms with van der Waals surface area (Å²) < 4.78 is 32.1. The van der Waals surface area contributed by atoms with Gasteiger partial charge in [0.15, 0.2) is 10.7 Å². The molecule has 0 spiro atoms. The molecule has 8 nitrogen and oxygen atoms in total. The van der Waals surface area contributed by atoms with Gasteiger partial charge in [-0.05, 0) is 38.5 Å². The van der Waals surface area contributed by atoms with E-state index in [0.29, 0.717) is 19.6 Å². The molecule has 9 heteroatoms. The van der Waals surface area contributed by atoms with Gasteiger partial charge in [0.25, 0.3) is 10.0 Å². The number of aromatic amines is 1. The van der Waals surface area contributed by atoms with Crippen LogP contribution in [0, 0.1) is 6.92 Å². The predicted molar refractivity (Wildman–Crippen MR) is 101 cm³/mol. The Morgan fingerprint density at radius 3 is 2.78 bits per heavy atom. The minimum absolute atomic E-state index is 0.0165. The summed E-state index contributed by atoms with van der Waals surface area (Å²) in [6.07, 6.45) is 0. The number of nitrogens with one attached hydrogen (secondary N) is 1. The predicted octanol–water partition coefficient (Wildman–Crippen LogP) is 1.79. The highest BCUT2D eigenvalue weighted by Crippen LogP contribution is 2.24. The molecule has 0 aliphatic carbocycles. The third-order valence-electron chi connectivity index (χ3n) is 4.58. The second-order valence-corrected chi connectivity index (χ2v) is 8.49. The molecule has 1 N–H and O–H groups in total. The molecule has 1 atom stereocenters. The lowest BCUT2D eigenvalue weighted by Gasteiger charge is -2.40. The number of H-pyrrole nitrogens is 1. The van der Waals surface area contributed by atoms with E-state index in [-0.39, 0.29) is 23.4 Å². The first kappa shape index (κ1) is 19.4. The van der Waals surface area contributed by atoms with Crippen LogP contribution in [0.2, 0.25) is 0 Å². The Kier molecular flexibility index (Phi) is 5.52. The van der Waals surface area contributed by atoms with Gasteiger partial charge in [0.05, 0.1) is 6.61 Å². The molecular formula is C18H24N4O4S. The molecule has 2 heterocycles. The van der Waals surface area contributed by atoms with Crippen molar-refractivity contribution in [2.75, 3.05) is 31.1 Å². The van der Waals surface area contributed by atoms with Crippen LogP contribution in [-0.4, -0.2) is 61.2 Å². The summed E-state index contributed by atoms with van der Waals surface area (Å²) in [6, 6.07) is 9.42. The molecule has 1 aliphatic rings. The first-order valence-electron chi connectivity index (χ1n) is 8.89. The Labute approximate surface area is 159 Å². The summed E-state index contributed by atoms with van der Waals surface area (Å²) in [5.41, 5.74) is 2.21. The maximum absolute atomic E-state index is 12.9. The number of carbonyl (C=O) groups is 1. The van der Waals surface area contributed by atoms with E-state index in [0.717, 1.165) is 5.69 Å². The van der Waals surface area contributed by atoms with Gasteiger partial charge in [-0.25, -0.2) is 13.2 Å². The summed E-state index contributed by atoms with van der Waals surface area (Å²) in [6.45, 7) is 7.21. The Hall–Kier alpha value is -2.39. The number of benzene rings is 1. The van der Waals surface area contributed by atoms with Gasteiger partial charge in [-0.2, -0.15) is 9.40 Å². The number of esters is 1. The normalized spacial score (nSPS) is 18.5. The van der Waals surface area contributed by atoms with Crippen LogP contribution < -0.4 is 4.90 Å². The zero-order valence-corrected chi connectivity index (χ0v) is 16.5. The fraction of sp³-hybridized carbons (Fsp3) is 0.444. The van der Waals surface area contributed by atoms with Crippen LogP contribution in [0.5, 0.6) is 0 Å². The molecule has 1 aromatic heterocycles. The highest BCUT2D eigenvalue weighted by Gasteiger charge is 2.34. The van der Waals surface area contributed by atoms with Gasteiger partial charge in [-0.3, -0.25) is 5.10 Å². The van der Waals surface area contributed by atoms with Gasteiger partial charge >= 0.3 is 5.97 Å². The van der Waals surface area contributed by atoms with Gasteiger partial charge in [0, 0.05) is 37.4 Å². The minimum atomic E-state index is -3.76. The third kappa shape index (κ3) is 3.98. The number of aromatic nitrogens is 2. The zero-order valence-electron chi connectivity index (χ0n) is 15.7. The van der Waals surface area contributed by atoms with Crippen LogP contribution in [0.3, 0.4) is 0 Å². The zero-order chi connectivity index (χ0) is 19.6. The molecule has 0 unspecified atom stereocenters. The first-order valence-corrected chi connectivity index (χ1v) is 10.3. The molecule has 0 saturated carbocycles. The van der Waals surface area contributed by atoms with Crippen molar-refractivity contribution < 1.29 is 17.9 Å². The molecule has 0 bridgehead atoms. The number of piperazine rings is 1. The quantitative estimate of drug-likeness (QED) is 0.780. The van der Waals surface area contributed by atoms with E-state index in [1.807, 2.05) is 32.0 Å². The van der Waals surface area contributed by atoms with Crippen LogP contribution in [0.15, 0.2) is 35.4 Å². The van der Waals surface area contributed by atoms with Gasteiger partial charge in [0.2, 0.25) is 0 Å². The van der Waals surface area contributed by atoms with E-state index in [9.17, 15) is 13.2 Å². The number of sulfonamides is 1. The number of anilines is 1. The standard InChI is InChI=1S/C18H24N4O4S/c1-4-26-18(23)16-11-17(20-19-16)27(24,25)21-8-9-22(14(3)12-21)15-7-5-6-13(2)10-15/h5-7,10-11,14H,4,8-9,12H2,1-3H3,(H,19,20)/t14-/m1/s1. The van der Waals surface area contributed by atoms with Crippen molar-refractivity contribution in [3.05, 3.63) is 41.6 Å². The van der Waals surface area contributed by atoms with E-state index >= 15 is 0 Å². The number of hydrogen-bond acceptors (Lipinski definition) is 6. The highest BCUT2D eigenvalue weighted by molar-refractivity contribution is 7.89. The van der Waals surface area contributed by atoms with E-state index in [2.05, 4.69) is 21.2 Å². The van der Waals surface area contributed by atoms with Crippen molar-refractivity contribution in [3.8, 4) is 0 Å². The second kappa shape index (κ2) is 7.69. The van der Waals surface area contributed by atoms with E-state index in [4.69, 9.17) is 4.74 Å². The Bertz CT molecular complexity index is 925. The van der Waals surface area contributed by atoms with Crippen LogP contribution >= 0.6 is 0 Å². The number of carbonyl (C=O) groups excluding carboxylic acids is 1. The second-order valence-electron chi connectivity index (χ2n) is 6.58. The largest absolute Gasteiger partial charge is 0.461 e. The lowest BCUT2D eigenvalue weighted by molar-refractivity contribution is 0.0519. The van der Waals surface area contributed by atoms with Crippen LogP contribution in [0.25, 0.3) is 0 Å². The van der Waals surface area contributed by atoms with E-state index in [1.165, 1.54) is 15.9 Å². The number of hydrogen-bond donors (Lipinski definition) is 1. The molecule has 0 amide bonds. The topological polar surface area (TPSA) is 95.6 Å². The lowest BCUT2D eigenvalue weighted by Crippen LogP contribution is -2.53. The van der Waals surface area contributed by atoms with Gasteiger partial charge in [-0.1, -0.05) is 12.1 Å². The Morgan fingerprint density at radius 1 is 1.33 bits per heavy atom. The molecule has 1 saturated heterocycles. The number of aryl methyl sites for hydroxylation is 1. The molecule has 0 radical (unpaired) electrons. The van der Waals surface area contributed by atoms with Crippen molar-refractivity contribution in [2.45, 2.75) is 31.8 Å². The van der Waals surface area contributed by atoms with Crippen molar-refractivity contribution in [1.82, 2.24) is 14.5 Å². The van der Waals surface area contributed by atoms with Crippen LogP contribution in [0.4, 0.5) is 5.69 Å². The maximum Gasteiger partial charge on any atom is 0.358 e. The van der Waals surface area contributed by atoms with Crippen molar-refractivity contribution in [3.63, 3.8) is 0 Å². The maximum atomic E-state index is 12.9. The van der Waals surface area contributed by atoms with Gasteiger partial charge in [0.1, 0.15) is 0 Å². The smallest absolute Gasteiger partial charge is 0.358 e. The van der Waals surface area contributed by atoms with Gasteiger partial charge < -0.3 is 9.64 Å². The van der Waals surface area contributed by atoms with E-state index in [1.54, 1.807) is 6.92 Å². The van der Waals surface area contributed by atoms with Crippen LogP contribution in [0.1, 0.15) is 29.9 Å². The Morgan fingerprint density at radius 2 is 2.11 bits per heavy atom. The number of rotatable bonds is 5. The fourth-order valence-corrected chi connectivity index (χ4v) is 4.65. The van der Waals surface area contributed by atoms with Crippen molar-refractivity contribution in [2.24, 2.45) is 0 Å². The molecular weight excluding hydrogens is 368 g/mol. The highest BCUT2D eigenvalue weighted by atomic mass is 32.2. The average Bonchev–Trinajstić information content (AvgIpc) is 3.13. The van der Waals surface area contributed by atoms with Gasteiger partial charge in [-0.15, -0.1) is 0 Å². The summed E-state index contributed by atoms with van der Waals surface area (Å²) in [5.74, 6) is -0.646. The molecule has 2 aromatic rings. The third-order valence-corrected chi connectivity index (χ3v) is 6.36. The number of nitrogens with zero attached hydrogens (tertiary/aromatic N) is 3. The summed E-state index contributed by atoms with van der Waals surface area (Å²) in [4.78, 5) is 13.9. The SMILES string of the molecule is CCOC(=O)c1cc(S(=O)(=O)N2CCN(c3cccc(C)c3)[C@H](C)C2)[nH]n1. The first-order chi connectivity index (χ1) is 12.8. The minimum Gasteiger partial charge on any atom is -0.461 e. The van der Waals surface area contributed by atoms with Crippen LogP contribution in [-0.2, 0) is 14.8 Å². The van der Waals surface area contributed by atoms with E-state index < -0.39 is 16.0 Å². The molecule has 1 aromatic carbocycles. The Balaban J connectivity index is 1.75. The molecule has 1 fully saturated rings. The molecule has 1 aliphatic heterocycles. The van der Waals surface area contributed by atoms with Crippen molar-refractivity contribution >= 4 is 21.7 Å². The fourth-order valence-electron chi connectivity index (χ4n) is 3.22. The summed E-state index contributed by atoms with van der Waals surface area (Å²) >= 11 is 0. The van der Waals surface area contributed by atoms with Crippen molar-refractivity contribution in [1.29, 1.82) is 0 Å². The molecule has 146 valence electrons. The monoisotopic (exact) mass is 392 g/mol. The molecule has 27 heavy (non-hydrogen) atoms. The summed E-state index contributed by atoms with van der Waals surface area (Å²) in [5, 5.41) is 6.13. The molecule has 3 rings (SSSR count).